The molecule has 0 radical (unpaired) electrons. The van der Waals surface area contributed by atoms with Gasteiger partial charge in [0.2, 0.25) is 0 Å². The van der Waals surface area contributed by atoms with Crippen LogP contribution >= 0.6 is 11.3 Å². The molecule has 0 aliphatic carbocycles. The Hall–Kier alpha value is -0.980. The van der Waals surface area contributed by atoms with Crippen molar-refractivity contribution in [1.82, 2.24) is 9.88 Å². The van der Waals surface area contributed by atoms with Crippen molar-refractivity contribution in [2.45, 2.75) is 57.8 Å². The van der Waals surface area contributed by atoms with Gasteiger partial charge in [-0.05, 0) is 6.92 Å². The number of carbonyl (C=O) groups excluding carboxylic acids is 1. The molecular weight excluding hydrogens is 300 g/mol. The standard InChI is InChI=1S/C16H24N2O3S/c1-10-7-11(15(19)21-10)18-5-6-20-12(8-18)14-17-13(9-22-14)16(2,3)4/h9-12H,5-8H2,1-4H3/t10-,11+,12+/m1/s1. The molecule has 2 aliphatic rings. The van der Waals surface area contributed by atoms with Crippen molar-refractivity contribution < 1.29 is 14.3 Å². The van der Waals surface area contributed by atoms with Crippen LogP contribution in [0.1, 0.15) is 50.9 Å². The summed E-state index contributed by atoms with van der Waals surface area (Å²) in [4.78, 5) is 18.9. The molecule has 3 rings (SSSR count). The van der Waals surface area contributed by atoms with Crippen LogP contribution in [0.15, 0.2) is 5.38 Å². The third kappa shape index (κ3) is 3.19. The second-order valence-electron chi connectivity index (χ2n) is 7.17. The fourth-order valence-corrected chi connectivity index (χ4v) is 4.00. The summed E-state index contributed by atoms with van der Waals surface area (Å²) in [6, 6.07) is -0.122. The van der Waals surface area contributed by atoms with Crippen molar-refractivity contribution in [3.05, 3.63) is 16.1 Å². The number of aromatic nitrogens is 1. The van der Waals surface area contributed by atoms with Crippen LogP contribution in [0.2, 0.25) is 0 Å². The minimum Gasteiger partial charge on any atom is -0.461 e. The quantitative estimate of drug-likeness (QED) is 0.783. The molecule has 0 aromatic carbocycles. The second kappa shape index (κ2) is 5.91. The molecule has 0 amide bonds. The van der Waals surface area contributed by atoms with E-state index in [0.29, 0.717) is 13.2 Å². The van der Waals surface area contributed by atoms with Crippen LogP contribution in [-0.2, 0) is 19.7 Å². The number of hydrogen-bond acceptors (Lipinski definition) is 6. The van der Waals surface area contributed by atoms with E-state index >= 15 is 0 Å². The molecule has 2 fully saturated rings. The van der Waals surface area contributed by atoms with Crippen LogP contribution < -0.4 is 0 Å². The van der Waals surface area contributed by atoms with E-state index in [9.17, 15) is 4.79 Å². The molecular formula is C16H24N2O3S. The van der Waals surface area contributed by atoms with E-state index in [-0.39, 0.29) is 29.6 Å². The highest BCUT2D eigenvalue weighted by Crippen LogP contribution is 2.32. The third-order valence-corrected chi connectivity index (χ3v) is 5.19. The Labute approximate surface area is 135 Å². The van der Waals surface area contributed by atoms with Gasteiger partial charge in [0.15, 0.2) is 0 Å². The number of rotatable bonds is 2. The van der Waals surface area contributed by atoms with Crippen molar-refractivity contribution in [2.75, 3.05) is 19.7 Å². The Morgan fingerprint density at radius 1 is 1.41 bits per heavy atom. The molecule has 0 spiro atoms. The number of thiazole rings is 1. The summed E-state index contributed by atoms with van der Waals surface area (Å²) in [5.74, 6) is -0.0948. The van der Waals surface area contributed by atoms with Gasteiger partial charge < -0.3 is 9.47 Å². The van der Waals surface area contributed by atoms with Gasteiger partial charge in [-0.15, -0.1) is 11.3 Å². The maximum absolute atomic E-state index is 11.9. The third-order valence-electron chi connectivity index (χ3n) is 4.25. The lowest BCUT2D eigenvalue weighted by molar-refractivity contribution is -0.147. The first-order chi connectivity index (χ1) is 10.3. The summed E-state index contributed by atoms with van der Waals surface area (Å²) in [6.45, 7) is 10.6. The fraction of sp³-hybridized carbons (Fsp3) is 0.750. The SMILES string of the molecule is C[C@@H]1C[C@H](N2CCO[C@H](c3nc(C(C)(C)C)cs3)C2)C(=O)O1. The molecule has 2 saturated heterocycles. The number of esters is 1. The fourth-order valence-electron chi connectivity index (χ4n) is 2.92. The van der Waals surface area contributed by atoms with Crippen LogP contribution in [-0.4, -0.2) is 47.7 Å². The number of hydrogen-bond donors (Lipinski definition) is 0. The summed E-state index contributed by atoms with van der Waals surface area (Å²) in [7, 11) is 0. The molecule has 5 nitrogen and oxygen atoms in total. The van der Waals surface area contributed by atoms with Gasteiger partial charge in [0.25, 0.3) is 0 Å². The molecule has 1 aromatic heterocycles. The zero-order valence-electron chi connectivity index (χ0n) is 13.7. The Bertz CT molecular complexity index is 552. The van der Waals surface area contributed by atoms with E-state index in [4.69, 9.17) is 14.5 Å². The topological polar surface area (TPSA) is 51.7 Å². The van der Waals surface area contributed by atoms with E-state index in [1.807, 2.05) is 6.92 Å². The smallest absolute Gasteiger partial charge is 0.323 e. The molecule has 22 heavy (non-hydrogen) atoms. The number of cyclic esters (lactones) is 1. The Balaban J connectivity index is 1.71. The summed E-state index contributed by atoms with van der Waals surface area (Å²) < 4.78 is 11.2. The van der Waals surface area contributed by atoms with Crippen molar-refractivity contribution in [2.24, 2.45) is 0 Å². The first-order valence-electron chi connectivity index (χ1n) is 7.86. The predicted octanol–water partition coefficient (Wildman–Crippen LogP) is 2.52. The van der Waals surface area contributed by atoms with E-state index < -0.39 is 0 Å². The summed E-state index contributed by atoms with van der Waals surface area (Å²) in [6.07, 6.45) is 0.751. The van der Waals surface area contributed by atoms with Crippen LogP contribution in [0.4, 0.5) is 0 Å². The molecule has 3 heterocycles. The van der Waals surface area contributed by atoms with Gasteiger partial charge in [-0.1, -0.05) is 20.8 Å². The molecule has 0 bridgehead atoms. The van der Waals surface area contributed by atoms with Gasteiger partial charge in [-0.25, -0.2) is 4.98 Å². The van der Waals surface area contributed by atoms with Crippen LogP contribution in [0.25, 0.3) is 0 Å². The van der Waals surface area contributed by atoms with E-state index in [0.717, 1.165) is 23.7 Å². The van der Waals surface area contributed by atoms with Gasteiger partial charge in [0.1, 0.15) is 23.3 Å². The Kier molecular flexibility index (Phi) is 4.27. The highest BCUT2D eigenvalue weighted by Gasteiger charge is 2.39. The molecule has 0 N–H and O–H groups in total. The van der Waals surface area contributed by atoms with Crippen molar-refractivity contribution >= 4 is 17.3 Å². The average Bonchev–Trinajstić information content (AvgIpc) is 3.05. The lowest BCUT2D eigenvalue weighted by Gasteiger charge is -2.34. The lowest BCUT2D eigenvalue weighted by Crippen LogP contribution is -2.46. The van der Waals surface area contributed by atoms with Crippen LogP contribution in [0.3, 0.4) is 0 Å². The number of morpholine rings is 1. The minimum atomic E-state index is -0.122. The maximum Gasteiger partial charge on any atom is 0.323 e. The van der Waals surface area contributed by atoms with E-state index in [1.54, 1.807) is 11.3 Å². The lowest BCUT2D eigenvalue weighted by atomic mass is 9.93. The molecule has 2 aliphatic heterocycles. The van der Waals surface area contributed by atoms with E-state index in [2.05, 4.69) is 31.1 Å². The first-order valence-corrected chi connectivity index (χ1v) is 8.74. The highest BCUT2D eigenvalue weighted by atomic mass is 32.1. The maximum atomic E-state index is 11.9. The molecule has 0 unspecified atom stereocenters. The molecule has 3 atom stereocenters. The highest BCUT2D eigenvalue weighted by molar-refractivity contribution is 7.09. The van der Waals surface area contributed by atoms with Gasteiger partial charge in [0.05, 0.1) is 12.3 Å². The Morgan fingerprint density at radius 3 is 2.77 bits per heavy atom. The molecule has 1 aromatic rings. The number of carbonyl (C=O) groups is 1. The monoisotopic (exact) mass is 324 g/mol. The minimum absolute atomic E-state index is 0.0196. The van der Waals surface area contributed by atoms with Crippen molar-refractivity contribution in [3.8, 4) is 0 Å². The van der Waals surface area contributed by atoms with Gasteiger partial charge >= 0.3 is 5.97 Å². The molecule has 122 valence electrons. The van der Waals surface area contributed by atoms with E-state index in [1.165, 1.54) is 0 Å². The van der Waals surface area contributed by atoms with Crippen molar-refractivity contribution in [1.29, 1.82) is 0 Å². The zero-order chi connectivity index (χ0) is 15.9. The zero-order valence-corrected chi connectivity index (χ0v) is 14.5. The first kappa shape index (κ1) is 15.9. The van der Waals surface area contributed by atoms with Crippen LogP contribution in [0, 0.1) is 0 Å². The summed E-state index contributed by atoms with van der Waals surface area (Å²) in [5, 5.41) is 3.12. The number of ether oxygens (including phenoxy) is 2. The largest absolute Gasteiger partial charge is 0.461 e. The predicted molar refractivity (Wildman–Crippen MR) is 85.0 cm³/mol. The average molecular weight is 324 g/mol. The normalized spacial score (nSPS) is 30.5. The Morgan fingerprint density at radius 2 is 2.18 bits per heavy atom. The van der Waals surface area contributed by atoms with Gasteiger partial charge in [-0.2, -0.15) is 0 Å². The van der Waals surface area contributed by atoms with Crippen molar-refractivity contribution in [3.63, 3.8) is 0 Å². The molecule has 6 heteroatoms. The molecule has 0 saturated carbocycles. The number of nitrogens with zero attached hydrogens (tertiary/aromatic N) is 2. The van der Waals surface area contributed by atoms with Gasteiger partial charge in [-0.3, -0.25) is 9.69 Å². The summed E-state index contributed by atoms with van der Waals surface area (Å²) in [5.41, 5.74) is 1.15. The second-order valence-corrected chi connectivity index (χ2v) is 8.06. The van der Waals surface area contributed by atoms with Gasteiger partial charge in [0, 0.05) is 30.3 Å². The van der Waals surface area contributed by atoms with Crippen LogP contribution in [0.5, 0.6) is 0 Å². The summed E-state index contributed by atoms with van der Waals surface area (Å²) >= 11 is 1.65.